The lowest BCUT2D eigenvalue weighted by Crippen LogP contribution is -2.28. The molecule has 0 spiro atoms. The van der Waals surface area contributed by atoms with E-state index in [4.69, 9.17) is 27.1 Å². The lowest BCUT2D eigenvalue weighted by atomic mass is 9.77. The van der Waals surface area contributed by atoms with Crippen molar-refractivity contribution in [3.63, 3.8) is 0 Å². The Kier molecular flexibility index (Phi) is 3.72. The highest BCUT2D eigenvalue weighted by Gasteiger charge is 2.33. The lowest BCUT2D eigenvalue weighted by Gasteiger charge is -2.32. The van der Waals surface area contributed by atoms with Crippen molar-refractivity contribution in [2.45, 2.75) is 32.7 Å². The molecule has 1 unspecified atom stereocenters. The van der Waals surface area contributed by atoms with Crippen molar-refractivity contribution in [2.24, 2.45) is 11.1 Å². The minimum absolute atomic E-state index is 0.0868. The predicted octanol–water partition coefficient (Wildman–Crippen LogP) is 4.44. The van der Waals surface area contributed by atoms with E-state index in [-0.39, 0.29) is 11.5 Å². The Morgan fingerprint density at radius 2 is 2.19 bits per heavy atom. The van der Waals surface area contributed by atoms with Gasteiger partial charge in [0, 0.05) is 16.5 Å². The first-order valence-electron chi connectivity index (χ1n) is 6.99. The number of hydrogen-bond acceptors (Lipinski definition) is 4. The van der Waals surface area contributed by atoms with Crippen LogP contribution in [-0.2, 0) is 6.42 Å². The van der Waals surface area contributed by atoms with E-state index in [0.717, 1.165) is 29.1 Å². The van der Waals surface area contributed by atoms with Crippen LogP contribution in [0.3, 0.4) is 0 Å². The molecule has 0 radical (unpaired) electrons. The van der Waals surface area contributed by atoms with E-state index in [9.17, 15) is 0 Å². The number of halogens is 1. The van der Waals surface area contributed by atoms with E-state index in [1.54, 1.807) is 18.4 Å². The number of methoxy groups -OCH3 is 1. The molecule has 0 fully saturated rings. The van der Waals surface area contributed by atoms with Gasteiger partial charge in [-0.2, -0.15) is 0 Å². The molecule has 2 N–H and O–H groups in total. The van der Waals surface area contributed by atoms with Crippen LogP contribution in [-0.4, -0.2) is 12.1 Å². The highest BCUT2D eigenvalue weighted by Crippen LogP contribution is 2.44. The first-order chi connectivity index (χ1) is 9.89. The number of nitrogens with zero attached hydrogens (tertiary/aromatic N) is 1. The van der Waals surface area contributed by atoms with Gasteiger partial charge in [0.2, 0.25) is 0 Å². The fourth-order valence-electron chi connectivity index (χ4n) is 2.92. The third-order valence-electron chi connectivity index (χ3n) is 3.88. The first kappa shape index (κ1) is 14.8. The molecule has 3 nitrogen and oxygen atoms in total. The summed E-state index contributed by atoms with van der Waals surface area (Å²) in [5, 5.41) is 1.59. The molecule has 1 aromatic carbocycles. The number of benzene rings is 1. The third-order valence-corrected chi connectivity index (χ3v) is 5.46. The van der Waals surface area contributed by atoms with Gasteiger partial charge in [-0.1, -0.05) is 25.4 Å². The molecular weight excluding hydrogens is 304 g/mol. The second-order valence-electron chi connectivity index (χ2n) is 6.33. The van der Waals surface area contributed by atoms with Gasteiger partial charge in [-0.3, -0.25) is 0 Å². The molecule has 0 saturated heterocycles. The Morgan fingerprint density at radius 3 is 2.86 bits per heavy atom. The van der Waals surface area contributed by atoms with Crippen LogP contribution in [0.5, 0.6) is 5.75 Å². The van der Waals surface area contributed by atoms with Crippen LogP contribution in [0.4, 0.5) is 0 Å². The smallest absolute Gasteiger partial charge is 0.137 e. The van der Waals surface area contributed by atoms with Crippen LogP contribution in [0.2, 0.25) is 5.02 Å². The number of ether oxygens (including phenoxy) is 1. The molecule has 0 saturated carbocycles. The average Bonchev–Trinajstić information content (AvgIpc) is 2.81. The second-order valence-corrected chi connectivity index (χ2v) is 7.77. The maximum absolute atomic E-state index is 6.31. The van der Waals surface area contributed by atoms with Crippen molar-refractivity contribution in [1.29, 1.82) is 0 Å². The number of nitrogens with two attached hydrogens (primary N) is 1. The summed E-state index contributed by atoms with van der Waals surface area (Å²) in [5.41, 5.74) is 8.69. The van der Waals surface area contributed by atoms with E-state index >= 15 is 0 Å². The summed E-state index contributed by atoms with van der Waals surface area (Å²) in [4.78, 5) is 6.02. The van der Waals surface area contributed by atoms with Gasteiger partial charge in [-0.05, 0) is 36.5 Å². The summed E-state index contributed by atoms with van der Waals surface area (Å²) in [6.07, 6.45) is 1.99. The Morgan fingerprint density at radius 1 is 1.43 bits per heavy atom. The molecule has 21 heavy (non-hydrogen) atoms. The zero-order valence-electron chi connectivity index (χ0n) is 12.4. The lowest BCUT2D eigenvalue weighted by molar-refractivity contribution is 0.282. The van der Waals surface area contributed by atoms with Gasteiger partial charge in [-0.25, -0.2) is 4.98 Å². The number of fused-ring (bicyclic) bond motifs is 1. The van der Waals surface area contributed by atoms with Crippen LogP contribution in [0.1, 0.15) is 36.9 Å². The molecule has 0 bridgehead atoms. The van der Waals surface area contributed by atoms with E-state index in [1.165, 1.54) is 4.88 Å². The summed E-state index contributed by atoms with van der Waals surface area (Å²) < 4.78 is 5.19. The second kappa shape index (κ2) is 5.27. The van der Waals surface area contributed by atoms with Crippen molar-refractivity contribution in [3.05, 3.63) is 33.8 Å². The Balaban J connectivity index is 2.00. The number of thiazole rings is 1. The molecule has 1 aliphatic carbocycles. The van der Waals surface area contributed by atoms with Crippen molar-refractivity contribution in [3.8, 4) is 16.3 Å². The first-order valence-corrected chi connectivity index (χ1v) is 8.18. The number of aromatic nitrogens is 1. The Hall–Kier alpha value is -1.10. The van der Waals surface area contributed by atoms with Crippen molar-refractivity contribution >= 4 is 22.9 Å². The summed E-state index contributed by atoms with van der Waals surface area (Å²) in [6, 6.07) is 5.86. The molecular formula is C16H19ClN2OS. The number of hydrogen-bond donors (Lipinski definition) is 1. The fraction of sp³-hybridized carbons (Fsp3) is 0.438. The molecule has 2 aromatic rings. The van der Waals surface area contributed by atoms with Gasteiger partial charge in [-0.15, -0.1) is 11.3 Å². The van der Waals surface area contributed by atoms with E-state index in [1.807, 2.05) is 18.2 Å². The summed E-state index contributed by atoms with van der Waals surface area (Å²) in [6.45, 7) is 4.50. The largest absolute Gasteiger partial charge is 0.495 e. The monoisotopic (exact) mass is 322 g/mol. The summed E-state index contributed by atoms with van der Waals surface area (Å²) in [7, 11) is 1.62. The molecule has 0 aliphatic heterocycles. The molecule has 0 amide bonds. The van der Waals surface area contributed by atoms with Gasteiger partial charge in [0.15, 0.2) is 0 Å². The molecule has 5 heteroatoms. The molecule has 3 rings (SSSR count). The van der Waals surface area contributed by atoms with Crippen molar-refractivity contribution < 1.29 is 4.74 Å². The van der Waals surface area contributed by atoms with Gasteiger partial charge >= 0.3 is 0 Å². The highest BCUT2D eigenvalue weighted by molar-refractivity contribution is 7.15. The molecule has 1 aromatic heterocycles. The maximum Gasteiger partial charge on any atom is 0.137 e. The van der Waals surface area contributed by atoms with Gasteiger partial charge in [0.25, 0.3) is 0 Å². The zero-order chi connectivity index (χ0) is 15.2. The fourth-order valence-corrected chi connectivity index (χ4v) is 4.25. The summed E-state index contributed by atoms with van der Waals surface area (Å²) >= 11 is 7.89. The highest BCUT2D eigenvalue weighted by atomic mass is 35.5. The quantitative estimate of drug-likeness (QED) is 0.889. The average molecular weight is 323 g/mol. The van der Waals surface area contributed by atoms with Crippen LogP contribution < -0.4 is 10.5 Å². The summed E-state index contributed by atoms with van der Waals surface area (Å²) in [5.74, 6) is 0.680. The van der Waals surface area contributed by atoms with E-state index in [0.29, 0.717) is 10.8 Å². The molecule has 1 heterocycles. The third kappa shape index (κ3) is 2.80. The van der Waals surface area contributed by atoms with Crippen LogP contribution in [0.25, 0.3) is 10.6 Å². The van der Waals surface area contributed by atoms with Crippen LogP contribution in [0, 0.1) is 5.41 Å². The standard InChI is InChI=1S/C16H19ClN2OS/c1-16(2)7-11(18)14-12(8-16)19-15(21-14)9-4-5-13(20-3)10(17)6-9/h4-6,11H,7-8,18H2,1-3H3. The topological polar surface area (TPSA) is 48.1 Å². The zero-order valence-corrected chi connectivity index (χ0v) is 14.0. The van der Waals surface area contributed by atoms with Crippen molar-refractivity contribution in [1.82, 2.24) is 4.98 Å². The number of rotatable bonds is 2. The van der Waals surface area contributed by atoms with Crippen LogP contribution in [0.15, 0.2) is 18.2 Å². The van der Waals surface area contributed by atoms with Gasteiger partial charge in [0.1, 0.15) is 10.8 Å². The minimum atomic E-state index is 0.0868. The molecule has 112 valence electrons. The maximum atomic E-state index is 6.31. The normalized spacial score (nSPS) is 20.1. The Labute approximate surface area is 134 Å². The minimum Gasteiger partial charge on any atom is -0.495 e. The van der Waals surface area contributed by atoms with Gasteiger partial charge < -0.3 is 10.5 Å². The Bertz CT molecular complexity index is 681. The van der Waals surface area contributed by atoms with E-state index in [2.05, 4.69) is 13.8 Å². The SMILES string of the molecule is COc1ccc(-c2nc3c(s2)C(N)CC(C)(C)C3)cc1Cl. The van der Waals surface area contributed by atoms with Crippen molar-refractivity contribution in [2.75, 3.05) is 7.11 Å². The predicted molar refractivity (Wildman–Crippen MR) is 88.1 cm³/mol. The molecule has 1 aliphatic rings. The van der Waals surface area contributed by atoms with Gasteiger partial charge in [0.05, 0.1) is 17.8 Å². The van der Waals surface area contributed by atoms with E-state index < -0.39 is 0 Å². The molecule has 1 atom stereocenters. The van der Waals surface area contributed by atoms with Crippen LogP contribution >= 0.6 is 22.9 Å².